The van der Waals surface area contributed by atoms with E-state index in [0.29, 0.717) is 11.6 Å². The van der Waals surface area contributed by atoms with Gasteiger partial charge in [0.05, 0.1) is 13.2 Å². The van der Waals surface area contributed by atoms with Crippen LogP contribution in [0.15, 0.2) is 18.2 Å². The van der Waals surface area contributed by atoms with Crippen molar-refractivity contribution >= 4 is 23.2 Å². The fourth-order valence-electron chi connectivity index (χ4n) is 1.63. The Balaban J connectivity index is 2.61. The molecule has 0 radical (unpaired) electrons. The van der Waals surface area contributed by atoms with Crippen molar-refractivity contribution in [3.63, 3.8) is 0 Å². The van der Waals surface area contributed by atoms with Crippen LogP contribution in [0.4, 0.5) is 5.69 Å². The van der Waals surface area contributed by atoms with Gasteiger partial charge in [0.1, 0.15) is 0 Å². The molecule has 0 unspecified atom stereocenters. The van der Waals surface area contributed by atoms with Crippen molar-refractivity contribution in [1.82, 2.24) is 4.90 Å². The number of nitrogens with zero attached hydrogens (tertiary/aromatic N) is 1. The van der Waals surface area contributed by atoms with E-state index in [0.717, 1.165) is 17.8 Å². The first kappa shape index (κ1) is 15.0. The zero-order valence-corrected chi connectivity index (χ0v) is 11.5. The van der Waals surface area contributed by atoms with Crippen molar-refractivity contribution in [2.75, 3.05) is 31.6 Å². The number of hydrogen-bond acceptors (Lipinski definition) is 3. The maximum absolute atomic E-state index is 11.8. The van der Waals surface area contributed by atoms with Crippen molar-refractivity contribution < 1.29 is 9.90 Å². The summed E-state index contributed by atoms with van der Waals surface area (Å²) >= 11 is 5.99. The number of halogens is 1. The number of nitrogens with one attached hydrogen (secondary N) is 1. The summed E-state index contributed by atoms with van der Waals surface area (Å²) in [4.78, 5) is 13.7. The van der Waals surface area contributed by atoms with Gasteiger partial charge in [-0.3, -0.25) is 9.69 Å². The molecule has 1 aromatic rings. The smallest absolute Gasteiger partial charge is 0.238 e. The Morgan fingerprint density at radius 2 is 2.22 bits per heavy atom. The lowest BCUT2D eigenvalue weighted by Crippen LogP contribution is -2.35. The largest absolute Gasteiger partial charge is 0.395 e. The predicted molar refractivity (Wildman–Crippen MR) is 74.0 cm³/mol. The lowest BCUT2D eigenvalue weighted by Gasteiger charge is -2.18. The fraction of sp³-hybridized carbons (Fsp3) is 0.462. The van der Waals surface area contributed by atoms with E-state index in [1.165, 1.54) is 0 Å². The van der Waals surface area contributed by atoms with Gasteiger partial charge in [0.25, 0.3) is 0 Å². The molecule has 5 heteroatoms. The van der Waals surface area contributed by atoms with Crippen LogP contribution in [0.5, 0.6) is 0 Å². The first-order valence-electron chi connectivity index (χ1n) is 5.96. The van der Waals surface area contributed by atoms with Crippen LogP contribution in [-0.4, -0.2) is 42.2 Å². The molecule has 0 fully saturated rings. The summed E-state index contributed by atoms with van der Waals surface area (Å²) in [6.07, 6.45) is 0. The van der Waals surface area contributed by atoms with Crippen LogP contribution in [0.25, 0.3) is 0 Å². The molecule has 0 bridgehead atoms. The van der Waals surface area contributed by atoms with Gasteiger partial charge in [-0.15, -0.1) is 0 Å². The number of benzene rings is 1. The van der Waals surface area contributed by atoms with Crippen LogP contribution < -0.4 is 5.32 Å². The van der Waals surface area contributed by atoms with Gasteiger partial charge in [0.15, 0.2) is 0 Å². The SMILES string of the molecule is CCN(CCO)CC(=O)Nc1cccc(Cl)c1C. The van der Waals surface area contributed by atoms with E-state index in [1.54, 1.807) is 12.1 Å². The van der Waals surface area contributed by atoms with E-state index >= 15 is 0 Å². The number of aliphatic hydroxyl groups is 1. The maximum Gasteiger partial charge on any atom is 0.238 e. The summed E-state index contributed by atoms with van der Waals surface area (Å²) in [6, 6.07) is 5.41. The third-order valence-electron chi connectivity index (χ3n) is 2.77. The predicted octanol–water partition coefficient (Wildman–Crippen LogP) is 1.90. The molecule has 1 amide bonds. The first-order valence-corrected chi connectivity index (χ1v) is 6.34. The molecular formula is C13H19ClN2O2. The second-order valence-electron chi connectivity index (χ2n) is 4.05. The average molecular weight is 271 g/mol. The van der Waals surface area contributed by atoms with Gasteiger partial charge < -0.3 is 10.4 Å². The van der Waals surface area contributed by atoms with E-state index in [-0.39, 0.29) is 19.1 Å². The number of anilines is 1. The summed E-state index contributed by atoms with van der Waals surface area (Å²) in [5, 5.41) is 12.3. The molecule has 0 saturated carbocycles. The molecule has 100 valence electrons. The molecule has 0 atom stereocenters. The van der Waals surface area contributed by atoms with Crippen LogP contribution in [0.3, 0.4) is 0 Å². The number of aliphatic hydroxyl groups excluding tert-OH is 1. The number of carbonyl (C=O) groups is 1. The highest BCUT2D eigenvalue weighted by molar-refractivity contribution is 6.31. The van der Waals surface area contributed by atoms with Crippen molar-refractivity contribution in [3.8, 4) is 0 Å². The van der Waals surface area contributed by atoms with Gasteiger partial charge >= 0.3 is 0 Å². The highest BCUT2D eigenvalue weighted by atomic mass is 35.5. The van der Waals surface area contributed by atoms with Crippen LogP contribution >= 0.6 is 11.6 Å². The van der Waals surface area contributed by atoms with E-state index in [9.17, 15) is 4.79 Å². The van der Waals surface area contributed by atoms with Gasteiger partial charge in [-0.05, 0) is 31.2 Å². The van der Waals surface area contributed by atoms with Gasteiger partial charge in [-0.2, -0.15) is 0 Å². The minimum atomic E-state index is -0.101. The highest BCUT2D eigenvalue weighted by Crippen LogP contribution is 2.22. The molecular weight excluding hydrogens is 252 g/mol. The van der Waals surface area contributed by atoms with Gasteiger partial charge in [-0.1, -0.05) is 24.6 Å². The third kappa shape index (κ3) is 4.29. The Hall–Kier alpha value is -1.10. The quantitative estimate of drug-likeness (QED) is 0.830. The Kier molecular flexibility index (Phi) is 6.12. The van der Waals surface area contributed by atoms with Crippen molar-refractivity contribution in [3.05, 3.63) is 28.8 Å². The number of hydrogen-bond donors (Lipinski definition) is 2. The zero-order chi connectivity index (χ0) is 13.5. The summed E-state index contributed by atoms with van der Waals surface area (Å²) in [6.45, 7) is 5.36. The van der Waals surface area contributed by atoms with Crippen LogP contribution in [-0.2, 0) is 4.79 Å². The topological polar surface area (TPSA) is 52.6 Å². The van der Waals surface area contributed by atoms with Crippen molar-refractivity contribution in [2.45, 2.75) is 13.8 Å². The molecule has 0 aliphatic carbocycles. The fourth-order valence-corrected chi connectivity index (χ4v) is 1.80. The van der Waals surface area contributed by atoms with Crippen LogP contribution in [0.1, 0.15) is 12.5 Å². The second-order valence-corrected chi connectivity index (χ2v) is 4.46. The Bertz CT molecular complexity index is 410. The lowest BCUT2D eigenvalue weighted by atomic mass is 10.2. The molecule has 0 aromatic heterocycles. The molecule has 0 aliphatic heterocycles. The molecule has 1 rings (SSSR count). The molecule has 1 aromatic carbocycles. The monoisotopic (exact) mass is 270 g/mol. The first-order chi connectivity index (χ1) is 8.58. The van der Waals surface area contributed by atoms with Crippen molar-refractivity contribution in [1.29, 1.82) is 0 Å². The molecule has 0 saturated heterocycles. The molecule has 18 heavy (non-hydrogen) atoms. The Morgan fingerprint density at radius 1 is 1.50 bits per heavy atom. The number of likely N-dealkylation sites (N-methyl/N-ethyl adjacent to an activating group) is 1. The zero-order valence-electron chi connectivity index (χ0n) is 10.7. The number of carbonyl (C=O) groups excluding carboxylic acids is 1. The van der Waals surface area contributed by atoms with E-state index in [1.807, 2.05) is 24.8 Å². The van der Waals surface area contributed by atoms with E-state index < -0.39 is 0 Å². The summed E-state index contributed by atoms with van der Waals surface area (Å²) < 4.78 is 0. The number of amides is 1. The van der Waals surface area contributed by atoms with Crippen molar-refractivity contribution in [2.24, 2.45) is 0 Å². The summed E-state index contributed by atoms with van der Waals surface area (Å²) in [7, 11) is 0. The van der Waals surface area contributed by atoms with E-state index in [4.69, 9.17) is 16.7 Å². The molecule has 0 heterocycles. The van der Waals surface area contributed by atoms with Gasteiger partial charge in [-0.25, -0.2) is 0 Å². The minimum Gasteiger partial charge on any atom is -0.395 e. The average Bonchev–Trinajstić information content (AvgIpc) is 2.34. The minimum absolute atomic E-state index is 0.0529. The van der Waals surface area contributed by atoms with E-state index in [2.05, 4.69) is 5.32 Å². The summed E-state index contributed by atoms with van der Waals surface area (Å²) in [5.74, 6) is -0.101. The molecule has 4 nitrogen and oxygen atoms in total. The molecule has 2 N–H and O–H groups in total. The lowest BCUT2D eigenvalue weighted by molar-refractivity contribution is -0.117. The van der Waals surface area contributed by atoms with Gasteiger partial charge in [0, 0.05) is 17.3 Å². The Morgan fingerprint density at radius 3 is 2.83 bits per heavy atom. The Labute approximate surface area is 113 Å². The summed E-state index contributed by atoms with van der Waals surface area (Å²) in [5.41, 5.74) is 1.59. The highest BCUT2D eigenvalue weighted by Gasteiger charge is 2.10. The molecule has 0 aliphatic rings. The maximum atomic E-state index is 11.8. The van der Waals surface area contributed by atoms with Crippen LogP contribution in [0.2, 0.25) is 5.02 Å². The number of rotatable bonds is 6. The normalized spacial score (nSPS) is 10.7. The van der Waals surface area contributed by atoms with Gasteiger partial charge in [0.2, 0.25) is 5.91 Å². The standard InChI is InChI=1S/C13H19ClN2O2/c1-3-16(7-8-17)9-13(18)15-12-6-4-5-11(14)10(12)2/h4-6,17H,3,7-9H2,1-2H3,(H,15,18). The molecule has 0 spiro atoms. The second kappa shape index (κ2) is 7.36. The van der Waals surface area contributed by atoms with Crippen LogP contribution in [0, 0.1) is 6.92 Å². The third-order valence-corrected chi connectivity index (χ3v) is 3.18.